The first-order valence-electron chi connectivity index (χ1n) is 6.26. The molecule has 0 fully saturated rings. The predicted octanol–water partition coefficient (Wildman–Crippen LogP) is 2.72. The number of hydrogen-bond donors (Lipinski definition) is 1. The van der Waals surface area contributed by atoms with E-state index in [1.165, 1.54) is 6.07 Å². The summed E-state index contributed by atoms with van der Waals surface area (Å²) in [7, 11) is -3.60. The number of benzene rings is 1. The van der Waals surface area contributed by atoms with Crippen LogP contribution >= 0.6 is 0 Å². The molecule has 0 atom stereocenters. The highest BCUT2D eigenvalue weighted by atomic mass is 32.2. The standard InChI is InChI=1S/C14H20N2O2S/c1-5-8-14(3,4)16-19(17,18)13-9-12(10-15)7-6-11(13)2/h6-7,9,16H,5,8H2,1-4H3. The van der Waals surface area contributed by atoms with E-state index >= 15 is 0 Å². The first kappa shape index (κ1) is 15.7. The molecule has 0 amide bonds. The van der Waals surface area contributed by atoms with Crippen molar-refractivity contribution >= 4 is 10.0 Å². The third-order valence-corrected chi connectivity index (χ3v) is 4.73. The normalized spacial score (nSPS) is 12.2. The number of sulfonamides is 1. The molecule has 0 saturated carbocycles. The first-order chi connectivity index (χ1) is 8.72. The largest absolute Gasteiger partial charge is 0.241 e. The Morgan fingerprint density at radius 2 is 2.00 bits per heavy atom. The Kier molecular flexibility index (Phi) is 4.72. The Bertz CT molecular complexity index is 598. The van der Waals surface area contributed by atoms with Crippen LogP contribution in [0.1, 0.15) is 44.7 Å². The molecule has 1 rings (SSSR count). The van der Waals surface area contributed by atoms with E-state index in [-0.39, 0.29) is 4.90 Å². The van der Waals surface area contributed by atoms with Gasteiger partial charge in [0.2, 0.25) is 10.0 Å². The van der Waals surface area contributed by atoms with E-state index in [2.05, 4.69) is 4.72 Å². The lowest BCUT2D eigenvalue weighted by Gasteiger charge is -2.25. The van der Waals surface area contributed by atoms with E-state index in [0.29, 0.717) is 11.1 Å². The molecule has 0 aliphatic rings. The van der Waals surface area contributed by atoms with Gasteiger partial charge in [-0.3, -0.25) is 0 Å². The number of nitriles is 1. The fraction of sp³-hybridized carbons (Fsp3) is 0.500. The number of aryl methyl sites for hydroxylation is 1. The summed E-state index contributed by atoms with van der Waals surface area (Å²) in [5.74, 6) is 0. The van der Waals surface area contributed by atoms with Crippen molar-refractivity contribution in [3.63, 3.8) is 0 Å². The lowest BCUT2D eigenvalue weighted by atomic mass is 10.0. The zero-order valence-corrected chi connectivity index (χ0v) is 12.6. The topological polar surface area (TPSA) is 70.0 Å². The third kappa shape index (κ3) is 4.05. The molecule has 1 aromatic carbocycles. The summed E-state index contributed by atoms with van der Waals surface area (Å²) in [4.78, 5) is 0.177. The molecule has 4 nitrogen and oxygen atoms in total. The molecule has 0 aliphatic heterocycles. The average molecular weight is 280 g/mol. The molecule has 5 heteroatoms. The Morgan fingerprint density at radius 3 is 2.53 bits per heavy atom. The van der Waals surface area contributed by atoms with Crippen molar-refractivity contribution in [2.24, 2.45) is 0 Å². The third-order valence-electron chi connectivity index (χ3n) is 2.89. The van der Waals surface area contributed by atoms with Crippen molar-refractivity contribution in [1.82, 2.24) is 4.72 Å². The summed E-state index contributed by atoms with van der Waals surface area (Å²) in [6.45, 7) is 7.45. The Hall–Kier alpha value is -1.38. The molecule has 1 N–H and O–H groups in total. The second-order valence-electron chi connectivity index (χ2n) is 5.33. The van der Waals surface area contributed by atoms with Gasteiger partial charge in [-0.05, 0) is 44.9 Å². The number of nitrogens with zero attached hydrogens (tertiary/aromatic N) is 1. The molecule has 0 bridgehead atoms. The van der Waals surface area contributed by atoms with Crippen molar-refractivity contribution < 1.29 is 8.42 Å². The summed E-state index contributed by atoms with van der Waals surface area (Å²) < 4.78 is 27.5. The van der Waals surface area contributed by atoms with Gasteiger partial charge in [0.1, 0.15) is 0 Å². The summed E-state index contributed by atoms with van der Waals surface area (Å²) in [5, 5.41) is 8.87. The van der Waals surface area contributed by atoms with E-state index in [1.54, 1.807) is 19.1 Å². The van der Waals surface area contributed by atoms with Crippen LogP contribution in [0.15, 0.2) is 23.1 Å². The number of hydrogen-bond acceptors (Lipinski definition) is 3. The fourth-order valence-electron chi connectivity index (χ4n) is 2.05. The maximum absolute atomic E-state index is 12.4. The van der Waals surface area contributed by atoms with Gasteiger partial charge >= 0.3 is 0 Å². The van der Waals surface area contributed by atoms with Crippen LogP contribution in [-0.2, 0) is 10.0 Å². The molecular weight excluding hydrogens is 260 g/mol. The van der Waals surface area contributed by atoms with Crippen LogP contribution < -0.4 is 4.72 Å². The second-order valence-corrected chi connectivity index (χ2v) is 6.98. The van der Waals surface area contributed by atoms with Gasteiger partial charge < -0.3 is 0 Å². The zero-order valence-electron chi connectivity index (χ0n) is 11.8. The van der Waals surface area contributed by atoms with Crippen molar-refractivity contribution in [2.45, 2.75) is 51.0 Å². The van der Waals surface area contributed by atoms with Gasteiger partial charge in [0.05, 0.1) is 16.5 Å². The van der Waals surface area contributed by atoms with Gasteiger partial charge in [0.25, 0.3) is 0 Å². The molecule has 0 saturated heterocycles. The summed E-state index contributed by atoms with van der Waals surface area (Å²) >= 11 is 0. The molecule has 19 heavy (non-hydrogen) atoms. The van der Waals surface area contributed by atoms with Crippen LogP contribution in [0.2, 0.25) is 0 Å². The number of nitrogens with one attached hydrogen (secondary N) is 1. The highest BCUT2D eigenvalue weighted by Gasteiger charge is 2.26. The van der Waals surface area contributed by atoms with E-state index in [9.17, 15) is 8.42 Å². The molecule has 0 aliphatic carbocycles. The predicted molar refractivity (Wildman–Crippen MR) is 75.2 cm³/mol. The molecule has 0 unspecified atom stereocenters. The van der Waals surface area contributed by atoms with Gasteiger partial charge in [-0.2, -0.15) is 5.26 Å². The molecule has 0 aromatic heterocycles. The SMILES string of the molecule is CCCC(C)(C)NS(=O)(=O)c1cc(C#N)ccc1C. The van der Waals surface area contributed by atoms with Crippen LogP contribution in [0.3, 0.4) is 0 Å². The number of rotatable bonds is 5. The van der Waals surface area contributed by atoms with Gasteiger partial charge in [0, 0.05) is 5.54 Å². The summed E-state index contributed by atoms with van der Waals surface area (Å²) in [5.41, 5.74) is 0.487. The molecule has 1 aromatic rings. The minimum absolute atomic E-state index is 0.177. The van der Waals surface area contributed by atoms with Crippen LogP contribution in [0, 0.1) is 18.3 Å². The Balaban J connectivity index is 3.18. The van der Waals surface area contributed by atoms with Crippen molar-refractivity contribution in [3.8, 4) is 6.07 Å². The second kappa shape index (κ2) is 5.72. The first-order valence-corrected chi connectivity index (χ1v) is 7.75. The van der Waals surface area contributed by atoms with E-state index in [4.69, 9.17) is 5.26 Å². The molecule has 104 valence electrons. The van der Waals surface area contributed by atoms with Crippen molar-refractivity contribution in [2.75, 3.05) is 0 Å². The summed E-state index contributed by atoms with van der Waals surface area (Å²) in [6, 6.07) is 6.65. The molecular formula is C14H20N2O2S. The molecule has 0 spiro atoms. The van der Waals surface area contributed by atoms with Crippen molar-refractivity contribution in [1.29, 1.82) is 5.26 Å². The van der Waals surface area contributed by atoms with Gasteiger partial charge in [-0.1, -0.05) is 19.4 Å². The van der Waals surface area contributed by atoms with E-state index in [1.807, 2.05) is 26.8 Å². The monoisotopic (exact) mass is 280 g/mol. The lowest BCUT2D eigenvalue weighted by Crippen LogP contribution is -2.43. The quantitative estimate of drug-likeness (QED) is 0.901. The smallest absolute Gasteiger partial charge is 0.207 e. The Labute approximate surface area is 115 Å². The van der Waals surface area contributed by atoms with E-state index in [0.717, 1.165) is 12.8 Å². The van der Waals surface area contributed by atoms with Gasteiger partial charge in [-0.15, -0.1) is 0 Å². The lowest BCUT2D eigenvalue weighted by molar-refractivity contribution is 0.417. The maximum atomic E-state index is 12.4. The van der Waals surface area contributed by atoms with Gasteiger partial charge in [0.15, 0.2) is 0 Å². The average Bonchev–Trinajstić information content (AvgIpc) is 2.27. The van der Waals surface area contributed by atoms with Crippen molar-refractivity contribution in [3.05, 3.63) is 29.3 Å². The van der Waals surface area contributed by atoms with Crippen LogP contribution in [-0.4, -0.2) is 14.0 Å². The minimum atomic E-state index is -3.60. The minimum Gasteiger partial charge on any atom is -0.207 e. The molecule has 0 heterocycles. The Morgan fingerprint density at radius 1 is 1.37 bits per heavy atom. The van der Waals surface area contributed by atoms with Gasteiger partial charge in [-0.25, -0.2) is 13.1 Å². The fourth-order valence-corrected chi connectivity index (χ4v) is 3.77. The maximum Gasteiger partial charge on any atom is 0.241 e. The summed E-state index contributed by atoms with van der Waals surface area (Å²) in [6.07, 6.45) is 1.65. The highest BCUT2D eigenvalue weighted by Crippen LogP contribution is 2.20. The molecule has 0 radical (unpaired) electrons. The van der Waals surface area contributed by atoms with Crippen LogP contribution in [0.5, 0.6) is 0 Å². The van der Waals surface area contributed by atoms with Crippen LogP contribution in [0.4, 0.5) is 0 Å². The van der Waals surface area contributed by atoms with Crippen LogP contribution in [0.25, 0.3) is 0 Å². The highest BCUT2D eigenvalue weighted by molar-refractivity contribution is 7.89. The zero-order chi connectivity index (χ0) is 14.7. The van der Waals surface area contributed by atoms with E-state index < -0.39 is 15.6 Å².